The molecule has 0 aliphatic carbocycles. The fraction of sp³-hybridized carbons (Fsp3) is 0.391. The predicted molar refractivity (Wildman–Crippen MR) is 108 cm³/mol. The number of methoxy groups -OCH3 is 1. The zero-order valence-corrected chi connectivity index (χ0v) is 16.1. The molecule has 3 heteroatoms. The number of aryl methyl sites for hydroxylation is 1. The maximum atomic E-state index is 5.81. The van der Waals surface area contributed by atoms with Crippen LogP contribution in [0.1, 0.15) is 30.4 Å². The molecule has 1 fully saturated rings. The van der Waals surface area contributed by atoms with Crippen LogP contribution in [-0.4, -0.2) is 38.4 Å². The molecule has 0 saturated carbocycles. The Kier molecular flexibility index (Phi) is 6.48. The third-order valence-electron chi connectivity index (χ3n) is 5.04. The van der Waals surface area contributed by atoms with Crippen LogP contribution in [0.15, 0.2) is 48.5 Å². The molecule has 1 atom stereocenters. The van der Waals surface area contributed by atoms with Crippen LogP contribution in [0.5, 0.6) is 5.75 Å². The summed E-state index contributed by atoms with van der Waals surface area (Å²) in [5, 5.41) is 0. The van der Waals surface area contributed by atoms with Crippen molar-refractivity contribution in [3.05, 3.63) is 59.7 Å². The van der Waals surface area contributed by atoms with Gasteiger partial charge in [-0.15, -0.1) is 0 Å². The van der Waals surface area contributed by atoms with Crippen molar-refractivity contribution in [2.45, 2.75) is 32.2 Å². The van der Waals surface area contributed by atoms with E-state index in [-0.39, 0.29) is 6.79 Å². The van der Waals surface area contributed by atoms with E-state index in [0.717, 1.165) is 11.3 Å². The number of hydrogen-bond acceptors (Lipinski definition) is 3. The summed E-state index contributed by atoms with van der Waals surface area (Å²) in [6.45, 7) is 3.55. The van der Waals surface area contributed by atoms with Crippen molar-refractivity contribution in [3.63, 3.8) is 0 Å². The average molecular weight is 351 g/mol. The Bertz CT molecular complexity index is 754. The molecule has 1 unspecified atom stereocenters. The first-order valence-corrected chi connectivity index (χ1v) is 9.39. The molecule has 1 heterocycles. The minimum Gasteiger partial charge on any atom is -0.467 e. The molecule has 0 spiro atoms. The van der Waals surface area contributed by atoms with Gasteiger partial charge in [0.15, 0.2) is 6.79 Å². The van der Waals surface area contributed by atoms with Crippen molar-refractivity contribution in [1.82, 2.24) is 4.90 Å². The van der Waals surface area contributed by atoms with Gasteiger partial charge in [0.1, 0.15) is 5.75 Å². The van der Waals surface area contributed by atoms with E-state index in [1.807, 2.05) is 6.07 Å². The quantitative estimate of drug-likeness (QED) is 0.673. The molecule has 26 heavy (non-hydrogen) atoms. The Balaban J connectivity index is 1.93. The van der Waals surface area contributed by atoms with Crippen molar-refractivity contribution < 1.29 is 9.47 Å². The van der Waals surface area contributed by atoms with Crippen LogP contribution >= 0.6 is 0 Å². The Labute approximate surface area is 157 Å². The van der Waals surface area contributed by atoms with Crippen molar-refractivity contribution in [3.8, 4) is 16.9 Å². The van der Waals surface area contributed by atoms with E-state index >= 15 is 0 Å². The highest BCUT2D eigenvalue weighted by molar-refractivity contribution is 5.79. The van der Waals surface area contributed by atoms with Gasteiger partial charge in [0.25, 0.3) is 0 Å². The summed E-state index contributed by atoms with van der Waals surface area (Å²) in [5.41, 5.74) is 4.74. The highest BCUT2D eigenvalue weighted by Gasteiger charge is 2.16. The molecule has 0 amide bonds. The Morgan fingerprint density at radius 1 is 1.12 bits per heavy atom. The van der Waals surface area contributed by atoms with Gasteiger partial charge < -0.3 is 9.47 Å². The van der Waals surface area contributed by atoms with Gasteiger partial charge in [-0.1, -0.05) is 54.5 Å². The first-order chi connectivity index (χ1) is 12.7. The van der Waals surface area contributed by atoms with Gasteiger partial charge in [0, 0.05) is 18.7 Å². The molecule has 3 nitrogen and oxygen atoms in total. The topological polar surface area (TPSA) is 21.7 Å². The molecule has 0 N–H and O–H groups in total. The predicted octanol–water partition coefficient (Wildman–Crippen LogP) is 5.14. The summed E-state index contributed by atoms with van der Waals surface area (Å²) in [4.78, 5) is 2.45. The molecule has 1 aliphatic heterocycles. The largest absolute Gasteiger partial charge is 0.467 e. The minimum atomic E-state index is 0.251. The highest BCUT2D eigenvalue weighted by Crippen LogP contribution is 2.34. The molecule has 0 radical (unpaired) electrons. The molecular formula is C23H29NO2. The lowest BCUT2D eigenvalue weighted by Gasteiger charge is -2.30. The lowest BCUT2D eigenvalue weighted by atomic mass is 9.95. The lowest BCUT2D eigenvalue weighted by molar-refractivity contribution is 0.0515. The van der Waals surface area contributed by atoms with Crippen molar-refractivity contribution in [1.29, 1.82) is 0 Å². The minimum absolute atomic E-state index is 0.251. The Hall–Kier alpha value is -2.10. The van der Waals surface area contributed by atoms with E-state index in [1.165, 1.54) is 42.5 Å². The summed E-state index contributed by atoms with van der Waals surface area (Å²) in [6, 6.07) is 15.3. The molecule has 1 aliphatic rings. The van der Waals surface area contributed by atoms with Crippen molar-refractivity contribution in [2.24, 2.45) is 0 Å². The lowest BCUT2D eigenvalue weighted by Crippen LogP contribution is -2.34. The van der Waals surface area contributed by atoms with Crippen LogP contribution in [0.4, 0.5) is 0 Å². The van der Waals surface area contributed by atoms with Crippen LogP contribution in [-0.2, 0) is 4.74 Å². The smallest absolute Gasteiger partial charge is 0.188 e. The maximum absolute atomic E-state index is 5.81. The first kappa shape index (κ1) is 18.7. The van der Waals surface area contributed by atoms with Crippen LogP contribution in [0.25, 0.3) is 17.2 Å². The third kappa shape index (κ3) is 4.54. The standard InChI is InChI=1S/C23H29NO2/c1-18-11-14-23(26-17-25-3)22(16-18)21-10-5-4-8-19(21)12-13-20-9-6-7-15-24(20)2/h4-5,8,10-14,16,20H,6-7,9,15,17H2,1-3H3. The zero-order chi connectivity index (χ0) is 18.4. The van der Waals surface area contributed by atoms with Crippen molar-refractivity contribution in [2.75, 3.05) is 27.5 Å². The molecule has 138 valence electrons. The summed E-state index contributed by atoms with van der Waals surface area (Å²) in [5.74, 6) is 0.855. The van der Waals surface area contributed by atoms with Crippen LogP contribution in [0.3, 0.4) is 0 Å². The molecule has 0 aromatic heterocycles. The fourth-order valence-electron chi connectivity index (χ4n) is 3.55. The number of ether oxygens (including phenoxy) is 2. The zero-order valence-electron chi connectivity index (χ0n) is 16.1. The number of likely N-dealkylation sites (N-methyl/N-ethyl adjacent to an activating group) is 1. The average Bonchev–Trinajstić information content (AvgIpc) is 2.66. The van der Waals surface area contributed by atoms with E-state index in [1.54, 1.807) is 7.11 Å². The van der Waals surface area contributed by atoms with E-state index in [2.05, 4.69) is 67.4 Å². The van der Waals surface area contributed by atoms with E-state index in [9.17, 15) is 0 Å². The van der Waals surface area contributed by atoms with Gasteiger partial charge >= 0.3 is 0 Å². The SMILES string of the molecule is COCOc1ccc(C)cc1-c1ccccc1C=CC1CCCCN1C. The van der Waals surface area contributed by atoms with Gasteiger partial charge in [-0.25, -0.2) is 0 Å². The molecule has 1 saturated heterocycles. The second kappa shape index (κ2) is 9.02. The van der Waals surface area contributed by atoms with Crippen LogP contribution in [0.2, 0.25) is 0 Å². The second-order valence-electron chi connectivity index (χ2n) is 7.04. The third-order valence-corrected chi connectivity index (χ3v) is 5.04. The molecule has 2 aromatic carbocycles. The highest BCUT2D eigenvalue weighted by atomic mass is 16.7. The fourth-order valence-corrected chi connectivity index (χ4v) is 3.55. The second-order valence-corrected chi connectivity index (χ2v) is 7.04. The molecule has 3 rings (SSSR count). The summed E-state index contributed by atoms with van der Waals surface area (Å²) >= 11 is 0. The monoisotopic (exact) mass is 351 g/mol. The van der Waals surface area contributed by atoms with Crippen LogP contribution in [0, 0.1) is 6.92 Å². The van der Waals surface area contributed by atoms with E-state index < -0.39 is 0 Å². The summed E-state index contributed by atoms with van der Waals surface area (Å²) in [6.07, 6.45) is 8.48. The molecular weight excluding hydrogens is 322 g/mol. The van der Waals surface area contributed by atoms with Gasteiger partial charge in [0.05, 0.1) is 0 Å². The summed E-state index contributed by atoms with van der Waals surface area (Å²) < 4.78 is 10.9. The van der Waals surface area contributed by atoms with Crippen LogP contribution < -0.4 is 4.74 Å². The van der Waals surface area contributed by atoms with E-state index in [0.29, 0.717) is 6.04 Å². The number of benzene rings is 2. The number of hydrogen-bond donors (Lipinski definition) is 0. The normalized spacial score (nSPS) is 18.3. The van der Waals surface area contributed by atoms with Gasteiger partial charge in [-0.3, -0.25) is 4.90 Å². The summed E-state index contributed by atoms with van der Waals surface area (Å²) in [7, 11) is 3.86. The van der Waals surface area contributed by atoms with Gasteiger partial charge in [-0.05, 0) is 56.6 Å². The molecule has 0 bridgehead atoms. The Morgan fingerprint density at radius 3 is 2.77 bits per heavy atom. The Morgan fingerprint density at radius 2 is 1.96 bits per heavy atom. The number of nitrogens with zero attached hydrogens (tertiary/aromatic N) is 1. The number of likely N-dealkylation sites (tertiary alicyclic amines) is 1. The first-order valence-electron chi connectivity index (χ1n) is 9.39. The number of rotatable bonds is 6. The van der Waals surface area contributed by atoms with E-state index in [4.69, 9.17) is 9.47 Å². The number of piperidine rings is 1. The van der Waals surface area contributed by atoms with Gasteiger partial charge in [0.2, 0.25) is 0 Å². The van der Waals surface area contributed by atoms with Gasteiger partial charge in [-0.2, -0.15) is 0 Å². The van der Waals surface area contributed by atoms with Crippen molar-refractivity contribution >= 4 is 6.08 Å². The maximum Gasteiger partial charge on any atom is 0.188 e. The molecule has 2 aromatic rings.